The highest BCUT2D eigenvalue weighted by Gasteiger charge is 1.98. The molecule has 0 saturated heterocycles. The molecule has 1 nitrogen and oxygen atoms in total. The molecular weight excluding hydrogens is 182 g/mol. The summed E-state index contributed by atoms with van der Waals surface area (Å²) in [5.74, 6) is 2.73. The molecule has 0 rings (SSSR count). The number of rotatable bonds is 7. The second-order valence-electron chi connectivity index (χ2n) is 3.77. The van der Waals surface area contributed by atoms with Crippen LogP contribution >= 0.6 is 0 Å². The Hall–Kier alpha value is -1.00. The van der Waals surface area contributed by atoms with Gasteiger partial charge in [0.15, 0.2) is 0 Å². The van der Waals surface area contributed by atoms with Gasteiger partial charge < -0.3 is 4.90 Å². The summed E-state index contributed by atoms with van der Waals surface area (Å²) in [5, 5.41) is 0. The van der Waals surface area contributed by atoms with E-state index in [0.717, 1.165) is 25.1 Å². The lowest BCUT2D eigenvalue weighted by Gasteiger charge is -2.15. The molecule has 0 spiro atoms. The summed E-state index contributed by atoms with van der Waals surface area (Å²) >= 11 is 0. The van der Waals surface area contributed by atoms with Gasteiger partial charge >= 0.3 is 0 Å². The number of terminal acetylenes is 1. The van der Waals surface area contributed by atoms with Crippen molar-refractivity contribution in [3.05, 3.63) is 23.8 Å². The second kappa shape index (κ2) is 9.55. The van der Waals surface area contributed by atoms with Crippen LogP contribution in [-0.4, -0.2) is 25.0 Å². The molecule has 0 aromatic heterocycles. The van der Waals surface area contributed by atoms with Gasteiger partial charge in [-0.25, -0.2) is 0 Å². The number of hydrogen-bond acceptors (Lipinski definition) is 1. The zero-order valence-corrected chi connectivity index (χ0v) is 10.3. The molecule has 0 heterocycles. The van der Waals surface area contributed by atoms with Crippen LogP contribution in [0.3, 0.4) is 0 Å². The summed E-state index contributed by atoms with van der Waals surface area (Å²) in [6.07, 6.45) is 14.9. The third-order valence-corrected chi connectivity index (χ3v) is 2.33. The first kappa shape index (κ1) is 14.0. The Morgan fingerprint density at radius 2 is 2.13 bits per heavy atom. The van der Waals surface area contributed by atoms with E-state index >= 15 is 0 Å². The fraction of sp³-hybridized carbons (Fsp3) is 0.571. The van der Waals surface area contributed by atoms with Gasteiger partial charge in [0, 0.05) is 12.1 Å². The number of unbranched alkanes of at least 4 members (excludes halogenated alkanes) is 1. The lowest BCUT2D eigenvalue weighted by Crippen LogP contribution is -2.21. The molecule has 0 saturated carbocycles. The Bertz CT molecular complexity index is 243. The minimum atomic E-state index is 0.973. The lowest BCUT2D eigenvalue weighted by atomic mass is 10.1. The van der Waals surface area contributed by atoms with Crippen molar-refractivity contribution in [2.75, 3.05) is 20.1 Å². The van der Waals surface area contributed by atoms with Crippen LogP contribution in [0.25, 0.3) is 0 Å². The van der Waals surface area contributed by atoms with E-state index in [1.165, 1.54) is 12.8 Å². The predicted molar refractivity (Wildman–Crippen MR) is 68.8 cm³/mol. The van der Waals surface area contributed by atoms with Crippen molar-refractivity contribution in [3.8, 4) is 12.3 Å². The first-order valence-electron chi connectivity index (χ1n) is 5.71. The van der Waals surface area contributed by atoms with E-state index in [1.807, 2.05) is 25.2 Å². The number of hydrogen-bond donors (Lipinski definition) is 0. The molecule has 0 fully saturated rings. The van der Waals surface area contributed by atoms with E-state index < -0.39 is 0 Å². The highest BCUT2D eigenvalue weighted by atomic mass is 15.1. The molecule has 0 bridgehead atoms. The predicted octanol–water partition coefficient (Wildman–Crippen LogP) is 3.24. The monoisotopic (exact) mass is 205 g/mol. The summed E-state index contributed by atoms with van der Waals surface area (Å²) < 4.78 is 0. The van der Waals surface area contributed by atoms with Crippen molar-refractivity contribution in [2.45, 2.75) is 33.1 Å². The van der Waals surface area contributed by atoms with E-state index in [4.69, 9.17) is 6.42 Å². The fourth-order valence-corrected chi connectivity index (χ4v) is 1.27. The molecular formula is C14H23N. The van der Waals surface area contributed by atoms with Crippen molar-refractivity contribution >= 4 is 0 Å². The molecule has 0 amide bonds. The third kappa shape index (κ3) is 8.03. The van der Waals surface area contributed by atoms with Crippen LogP contribution < -0.4 is 0 Å². The minimum Gasteiger partial charge on any atom is -0.306 e. The van der Waals surface area contributed by atoms with Gasteiger partial charge in [0.2, 0.25) is 0 Å². The second-order valence-corrected chi connectivity index (χ2v) is 3.77. The fourth-order valence-electron chi connectivity index (χ4n) is 1.27. The highest BCUT2D eigenvalue weighted by Crippen LogP contribution is 2.02. The largest absolute Gasteiger partial charge is 0.306 e. The molecule has 0 radical (unpaired) electrons. The Morgan fingerprint density at radius 1 is 1.40 bits per heavy atom. The Kier molecular flexibility index (Phi) is 8.91. The molecule has 0 aromatic rings. The maximum Gasteiger partial charge on any atom is 0.00302 e. The zero-order valence-electron chi connectivity index (χ0n) is 10.3. The molecule has 0 atom stereocenters. The summed E-state index contributed by atoms with van der Waals surface area (Å²) in [6, 6.07) is 0. The summed E-state index contributed by atoms with van der Waals surface area (Å²) in [5.41, 5.74) is 1.08. The maximum atomic E-state index is 5.43. The van der Waals surface area contributed by atoms with Gasteiger partial charge in [-0.15, -0.1) is 6.42 Å². The van der Waals surface area contributed by atoms with Crippen LogP contribution in [0.1, 0.15) is 33.1 Å². The maximum absolute atomic E-state index is 5.43. The van der Waals surface area contributed by atoms with Gasteiger partial charge in [-0.2, -0.15) is 0 Å². The van der Waals surface area contributed by atoms with Crippen molar-refractivity contribution in [2.24, 2.45) is 0 Å². The average Bonchev–Trinajstić information content (AvgIpc) is 2.26. The first-order valence-corrected chi connectivity index (χ1v) is 5.71. The van der Waals surface area contributed by atoms with E-state index in [9.17, 15) is 0 Å². The first-order chi connectivity index (χ1) is 7.24. The van der Waals surface area contributed by atoms with Crippen molar-refractivity contribution < 1.29 is 0 Å². The lowest BCUT2D eigenvalue weighted by molar-refractivity contribution is 0.333. The van der Waals surface area contributed by atoms with Gasteiger partial charge in [0.1, 0.15) is 0 Å². The Labute approximate surface area is 94.9 Å². The normalized spacial score (nSPS) is 12.3. The molecule has 15 heavy (non-hydrogen) atoms. The quantitative estimate of drug-likeness (QED) is 0.455. The van der Waals surface area contributed by atoms with Crippen molar-refractivity contribution in [3.63, 3.8) is 0 Å². The van der Waals surface area contributed by atoms with E-state index in [1.54, 1.807) is 0 Å². The number of allylic oxidation sites excluding steroid dienone is 3. The summed E-state index contributed by atoms with van der Waals surface area (Å²) in [6.45, 7) is 6.43. The van der Waals surface area contributed by atoms with Gasteiger partial charge in [-0.1, -0.05) is 37.5 Å². The van der Waals surface area contributed by atoms with Crippen molar-refractivity contribution in [1.29, 1.82) is 0 Å². The average molecular weight is 205 g/mol. The van der Waals surface area contributed by atoms with E-state index in [0.29, 0.717) is 0 Å². The van der Waals surface area contributed by atoms with Gasteiger partial charge in [-0.3, -0.25) is 0 Å². The molecule has 0 aliphatic carbocycles. The van der Waals surface area contributed by atoms with Crippen LogP contribution in [0, 0.1) is 12.3 Å². The molecule has 0 aliphatic heterocycles. The van der Waals surface area contributed by atoms with Crippen LogP contribution in [0.15, 0.2) is 23.8 Å². The number of nitrogens with zero attached hydrogens (tertiary/aromatic N) is 1. The summed E-state index contributed by atoms with van der Waals surface area (Å²) in [7, 11) is 2.15. The van der Waals surface area contributed by atoms with Gasteiger partial charge in [-0.05, 0) is 33.4 Å². The molecule has 0 unspecified atom stereocenters. The van der Waals surface area contributed by atoms with Crippen LogP contribution in [-0.2, 0) is 0 Å². The van der Waals surface area contributed by atoms with Crippen LogP contribution in [0.2, 0.25) is 0 Å². The molecule has 0 aliphatic rings. The topological polar surface area (TPSA) is 3.24 Å². The van der Waals surface area contributed by atoms with Crippen LogP contribution in [0.5, 0.6) is 0 Å². The van der Waals surface area contributed by atoms with Gasteiger partial charge in [0.05, 0.1) is 0 Å². The van der Waals surface area contributed by atoms with E-state index in [2.05, 4.69) is 24.8 Å². The van der Waals surface area contributed by atoms with Crippen LogP contribution in [0.4, 0.5) is 0 Å². The highest BCUT2D eigenvalue weighted by molar-refractivity contribution is 5.29. The molecule has 84 valence electrons. The summed E-state index contributed by atoms with van der Waals surface area (Å²) in [4.78, 5) is 2.34. The standard InChI is InChI=1S/C14H23N/c1-5-8-10-14(7-3)11-13-15(4)12-9-6-2/h3,5,8,10H,6,9,11-13H2,1-2,4H3/b8-5-,14-10+. The third-order valence-electron chi connectivity index (χ3n) is 2.33. The minimum absolute atomic E-state index is 0.973. The van der Waals surface area contributed by atoms with E-state index in [-0.39, 0.29) is 0 Å². The Balaban J connectivity index is 3.86. The van der Waals surface area contributed by atoms with Gasteiger partial charge in [0.25, 0.3) is 0 Å². The molecule has 0 aromatic carbocycles. The molecule has 1 heteroatoms. The Morgan fingerprint density at radius 3 is 2.67 bits per heavy atom. The zero-order chi connectivity index (χ0) is 11.5. The SMILES string of the molecule is C#C/C(=C\C=C/C)CCN(C)CCCC. The van der Waals surface area contributed by atoms with Crippen molar-refractivity contribution in [1.82, 2.24) is 4.90 Å². The smallest absolute Gasteiger partial charge is 0.00302 e. The molecule has 0 N–H and O–H groups in total.